The summed E-state index contributed by atoms with van der Waals surface area (Å²) in [6.45, 7) is 3.62. The highest BCUT2D eigenvalue weighted by Gasteiger charge is 2.20. The van der Waals surface area contributed by atoms with Crippen LogP contribution in [-0.4, -0.2) is 79.4 Å². The number of aromatic amines is 2. The summed E-state index contributed by atoms with van der Waals surface area (Å²) >= 11 is 0. The molecule has 12 nitrogen and oxygen atoms in total. The molecule has 204 valence electrons. The average molecular weight is 546 g/mol. The molecule has 0 saturated carbocycles. The van der Waals surface area contributed by atoms with Crippen LogP contribution in [0.25, 0.3) is 33.2 Å². The van der Waals surface area contributed by atoms with E-state index in [1.807, 2.05) is 48.5 Å². The minimum atomic E-state index is -0.247. The van der Waals surface area contributed by atoms with Crippen molar-refractivity contribution in [2.45, 2.75) is 0 Å². The first-order chi connectivity index (χ1) is 20.1. The molecule has 5 heterocycles. The summed E-state index contributed by atoms with van der Waals surface area (Å²) in [5.41, 5.74) is 5.47. The number of benzene rings is 2. The molecule has 0 aliphatic carbocycles. The van der Waals surface area contributed by atoms with E-state index in [1.54, 1.807) is 24.8 Å². The summed E-state index contributed by atoms with van der Waals surface area (Å²) in [5.74, 6) is 0.997. The van der Waals surface area contributed by atoms with Crippen molar-refractivity contribution < 1.29 is 4.79 Å². The molecule has 1 aliphatic rings. The van der Waals surface area contributed by atoms with Crippen LogP contribution in [0.4, 0.5) is 22.9 Å². The summed E-state index contributed by atoms with van der Waals surface area (Å²) in [5, 5.41) is 23.3. The molecule has 0 radical (unpaired) electrons. The first kappa shape index (κ1) is 24.7. The zero-order chi connectivity index (χ0) is 27.8. The van der Waals surface area contributed by atoms with Gasteiger partial charge in [0, 0.05) is 59.9 Å². The maximum atomic E-state index is 13.3. The Kier molecular flexibility index (Phi) is 6.21. The van der Waals surface area contributed by atoms with E-state index in [2.05, 4.69) is 57.8 Å². The third-order valence-corrected chi connectivity index (χ3v) is 7.30. The van der Waals surface area contributed by atoms with E-state index in [0.717, 1.165) is 64.9 Å². The first-order valence-electron chi connectivity index (χ1n) is 13.3. The van der Waals surface area contributed by atoms with E-state index < -0.39 is 0 Å². The van der Waals surface area contributed by atoms with E-state index in [4.69, 9.17) is 4.98 Å². The van der Waals surface area contributed by atoms with E-state index in [1.165, 1.54) is 0 Å². The first-order valence-corrected chi connectivity index (χ1v) is 13.3. The fraction of sp³-hybridized carbons (Fsp3) is 0.172. The summed E-state index contributed by atoms with van der Waals surface area (Å²) in [6, 6.07) is 15.5. The SMILES string of the molecule is CN1CCN(c2cnncc2NC(=O)c2cc3ccc(-c4nccc(Nc5ccc6[nH]ncc6c5)n4)cc3[nH]2)CC1. The van der Waals surface area contributed by atoms with Gasteiger partial charge in [-0.1, -0.05) is 12.1 Å². The zero-order valence-corrected chi connectivity index (χ0v) is 22.3. The fourth-order valence-electron chi connectivity index (χ4n) is 5.02. The van der Waals surface area contributed by atoms with Gasteiger partial charge in [0.05, 0.1) is 35.5 Å². The molecule has 12 heteroatoms. The van der Waals surface area contributed by atoms with Gasteiger partial charge in [-0.15, -0.1) is 0 Å². The number of H-pyrrole nitrogens is 2. The average Bonchev–Trinajstić information content (AvgIpc) is 3.65. The van der Waals surface area contributed by atoms with Gasteiger partial charge in [0.15, 0.2) is 5.82 Å². The Hall–Kier alpha value is -5.36. The predicted octanol–water partition coefficient (Wildman–Crippen LogP) is 4.04. The second kappa shape index (κ2) is 10.3. The highest BCUT2D eigenvalue weighted by Crippen LogP contribution is 2.27. The third-order valence-electron chi connectivity index (χ3n) is 7.30. The van der Waals surface area contributed by atoms with Gasteiger partial charge >= 0.3 is 0 Å². The minimum absolute atomic E-state index is 0.247. The zero-order valence-electron chi connectivity index (χ0n) is 22.3. The van der Waals surface area contributed by atoms with Crippen LogP contribution >= 0.6 is 0 Å². The van der Waals surface area contributed by atoms with Crippen LogP contribution in [0.2, 0.25) is 0 Å². The Morgan fingerprint density at radius 3 is 2.68 bits per heavy atom. The van der Waals surface area contributed by atoms with E-state index in [9.17, 15) is 4.79 Å². The quantitative estimate of drug-likeness (QED) is 0.244. The number of amides is 1. The molecule has 0 bridgehead atoms. The van der Waals surface area contributed by atoms with Crippen LogP contribution in [0.3, 0.4) is 0 Å². The monoisotopic (exact) mass is 545 g/mol. The van der Waals surface area contributed by atoms with Crippen molar-refractivity contribution in [2.75, 3.05) is 48.8 Å². The summed E-state index contributed by atoms with van der Waals surface area (Å²) in [6.07, 6.45) is 6.81. The third kappa shape index (κ3) is 5.03. The number of nitrogens with zero attached hydrogens (tertiary/aromatic N) is 7. The van der Waals surface area contributed by atoms with E-state index in [0.29, 0.717) is 23.0 Å². The second-order valence-corrected chi connectivity index (χ2v) is 10.1. The van der Waals surface area contributed by atoms with Gasteiger partial charge in [-0.25, -0.2) is 9.97 Å². The standard InChI is InChI=1S/C29H27N11O/c1-39-8-10-40(11-9-39)26-17-32-31-16-25(26)36-29(41)24-13-18-2-3-19(14-23(18)35-24)28-30-7-6-27(37-28)34-21-4-5-22-20(12-21)15-33-38-22/h2-7,12-17,35H,8-11H2,1H3,(H,33,38)(H,30,34,37)(H,32,36,41). The number of hydrogen-bond acceptors (Lipinski definition) is 9. The van der Waals surface area contributed by atoms with Crippen molar-refractivity contribution >= 4 is 50.6 Å². The Balaban J connectivity index is 1.10. The molecule has 4 aromatic heterocycles. The van der Waals surface area contributed by atoms with Gasteiger partial charge in [0.25, 0.3) is 5.91 Å². The van der Waals surface area contributed by atoms with Crippen molar-refractivity contribution in [3.8, 4) is 11.4 Å². The number of likely N-dealkylation sites (N-methyl/N-ethyl adjacent to an activating group) is 1. The van der Waals surface area contributed by atoms with Gasteiger partial charge in [-0.3, -0.25) is 9.89 Å². The molecule has 1 amide bonds. The summed E-state index contributed by atoms with van der Waals surface area (Å²) < 4.78 is 0. The molecule has 1 fully saturated rings. The number of aromatic nitrogens is 7. The number of rotatable bonds is 6. The van der Waals surface area contributed by atoms with Crippen LogP contribution in [0.15, 0.2) is 73.3 Å². The van der Waals surface area contributed by atoms with Crippen LogP contribution in [0, 0.1) is 0 Å². The molecule has 41 heavy (non-hydrogen) atoms. The lowest BCUT2D eigenvalue weighted by molar-refractivity contribution is 0.102. The van der Waals surface area contributed by atoms with Gasteiger partial charge < -0.3 is 25.4 Å². The van der Waals surface area contributed by atoms with Gasteiger partial charge in [0.2, 0.25) is 0 Å². The molecule has 0 atom stereocenters. The van der Waals surface area contributed by atoms with Crippen LogP contribution in [0.5, 0.6) is 0 Å². The second-order valence-electron chi connectivity index (χ2n) is 10.1. The van der Waals surface area contributed by atoms with Crippen molar-refractivity contribution in [3.05, 3.63) is 79.0 Å². The topological polar surface area (TPSA) is 144 Å². The number of carbonyl (C=O) groups excluding carboxylic acids is 1. The van der Waals surface area contributed by atoms with Crippen molar-refractivity contribution in [3.63, 3.8) is 0 Å². The molecular formula is C29H27N11O. The number of carbonyl (C=O) groups is 1. The molecule has 1 aliphatic heterocycles. The summed E-state index contributed by atoms with van der Waals surface area (Å²) in [4.78, 5) is 30.2. The normalized spacial score (nSPS) is 14.0. The van der Waals surface area contributed by atoms with Gasteiger partial charge in [0.1, 0.15) is 11.5 Å². The lowest BCUT2D eigenvalue weighted by Crippen LogP contribution is -2.44. The minimum Gasteiger partial charge on any atom is -0.366 e. The highest BCUT2D eigenvalue weighted by molar-refractivity contribution is 6.07. The molecule has 7 rings (SSSR count). The Morgan fingerprint density at radius 1 is 0.902 bits per heavy atom. The van der Waals surface area contributed by atoms with Crippen LogP contribution in [0.1, 0.15) is 10.5 Å². The Morgan fingerprint density at radius 2 is 1.78 bits per heavy atom. The van der Waals surface area contributed by atoms with Crippen LogP contribution < -0.4 is 15.5 Å². The van der Waals surface area contributed by atoms with E-state index >= 15 is 0 Å². The molecule has 4 N–H and O–H groups in total. The van der Waals surface area contributed by atoms with Crippen molar-refractivity contribution in [1.29, 1.82) is 0 Å². The molecule has 0 spiro atoms. The lowest BCUT2D eigenvalue weighted by Gasteiger charge is -2.34. The van der Waals surface area contributed by atoms with Gasteiger partial charge in [-0.2, -0.15) is 15.3 Å². The smallest absolute Gasteiger partial charge is 0.272 e. The number of anilines is 4. The lowest BCUT2D eigenvalue weighted by atomic mass is 10.1. The van der Waals surface area contributed by atoms with Crippen LogP contribution in [-0.2, 0) is 0 Å². The van der Waals surface area contributed by atoms with Crippen molar-refractivity contribution in [1.82, 2.24) is 40.2 Å². The fourth-order valence-corrected chi connectivity index (χ4v) is 5.02. The number of nitrogens with one attached hydrogen (secondary N) is 4. The summed E-state index contributed by atoms with van der Waals surface area (Å²) in [7, 11) is 2.11. The Labute approximate surface area is 234 Å². The Bertz CT molecular complexity index is 1870. The molecule has 1 saturated heterocycles. The number of hydrogen-bond donors (Lipinski definition) is 4. The van der Waals surface area contributed by atoms with Gasteiger partial charge in [-0.05, 0) is 43.4 Å². The molecule has 0 unspecified atom stereocenters. The van der Waals surface area contributed by atoms with E-state index in [-0.39, 0.29) is 5.91 Å². The predicted molar refractivity (Wildman–Crippen MR) is 158 cm³/mol. The molecule has 2 aromatic carbocycles. The highest BCUT2D eigenvalue weighted by atomic mass is 16.1. The van der Waals surface area contributed by atoms with Crippen molar-refractivity contribution in [2.24, 2.45) is 0 Å². The maximum Gasteiger partial charge on any atom is 0.272 e. The number of piperazine rings is 1. The largest absolute Gasteiger partial charge is 0.366 e. The number of fused-ring (bicyclic) bond motifs is 2. The maximum absolute atomic E-state index is 13.3. The molecular weight excluding hydrogens is 518 g/mol. The molecule has 6 aromatic rings.